The number of ether oxygens (including phenoxy) is 1. The molecule has 1 aliphatic heterocycles. The van der Waals surface area contributed by atoms with Crippen LogP contribution < -0.4 is 11.1 Å². The van der Waals surface area contributed by atoms with Crippen molar-refractivity contribution in [3.05, 3.63) is 0 Å². The van der Waals surface area contributed by atoms with E-state index in [4.69, 9.17) is 10.5 Å². The van der Waals surface area contributed by atoms with Crippen LogP contribution in [0.5, 0.6) is 0 Å². The molecular formula is C12H24N2O3. The molecule has 4 N–H and O–H groups in total. The van der Waals surface area contributed by atoms with Gasteiger partial charge in [0.05, 0.1) is 12.1 Å². The summed E-state index contributed by atoms with van der Waals surface area (Å²) in [4.78, 5) is 12.0. The van der Waals surface area contributed by atoms with Gasteiger partial charge in [-0.15, -0.1) is 0 Å². The summed E-state index contributed by atoms with van der Waals surface area (Å²) in [6.45, 7) is 3.67. The molecule has 5 nitrogen and oxygen atoms in total. The molecule has 1 atom stereocenters. The molecule has 1 saturated heterocycles. The smallest absolute Gasteiger partial charge is 0.223 e. The average molecular weight is 244 g/mol. The SMILES string of the molecule is CC(CCCN)C(=O)NC1(CO)CCOCC1. The van der Waals surface area contributed by atoms with Crippen LogP contribution in [0.15, 0.2) is 0 Å². The van der Waals surface area contributed by atoms with E-state index >= 15 is 0 Å². The molecule has 0 bridgehead atoms. The van der Waals surface area contributed by atoms with Gasteiger partial charge < -0.3 is 20.9 Å². The Kier molecular flexibility index (Phi) is 5.88. The predicted octanol–water partition coefficient (Wildman–Crippen LogP) is 0.0191. The zero-order chi connectivity index (χ0) is 12.7. The molecule has 0 aromatic heterocycles. The molecule has 0 aliphatic carbocycles. The highest BCUT2D eigenvalue weighted by atomic mass is 16.5. The zero-order valence-corrected chi connectivity index (χ0v) is 10.6. The highest BCUT2D eigenvalue weighted by Gasteiger charge is 2.34. The number of carbonyl (C=O) groups is 1. The van der Waals surface area contributed by atoms with Crippen LogP contribution in [0.4, 0.5) is 0 Å². The molecule has 1 unspecified atom stereocenters. The number of aliphatic hydroxyl groups is 1. The van der Waals surface area contributed by atoms with Crippen LogP contribution in [0.25, 0.3) is 0 Å². The molecule has 1 amide bonds. The van der Waals surface area contributed by atoms with E-state index in [9.17, 15) is 9.90 Å². The summed E-state index contributed by atoms with van der Waals surface area (Å²) < 4.78 is 5.25. The van der Waals surface area contributed by atoms with Crippen molar-refractivity contribution < 1.29 is 14.6 Å². The van der Waals surface area contributed by atoms with Gasteiger partial charge in [0, 0.05) is 19.1 Å². The van der Waals surface area contributed by atoms with Gasteiger partial charge in [0.25, 0.3) is 0 Å². The van der Waals surface area contributed by atoms with Gasteiger partial charge in [0.15, 0.2) is 0 Å². The van der Waals surface area contributed by atoms with Gasteiger partial charge in [0.2, 0.25) is 5.91 Å². The summed E-state index contributed by atoms with van der Waals surface area (Å²) in [5.74, 6) is -0.0424. The Morgan fingerprint density at radius 3 is 2.71 bits per heavy atom. The zero-order valence-electron chi connectivity index (χ0n) is 10.6. The fraction of sp³-hybridized carbons (Fsp3) is 0.917. The second-order valence-corrected chi connectivity index (χ2v) is 4.87. The summed E-state index contributed by atoms with van der Waals surface area (Å²) in [5.41, 5.74) is 4.95. The lowest BCUT2D eigenvalue weighted by molar-refractivity contribution is -0.129. The van der Waals surface area contributed by atoms with Crippen molar-refractivity contribution in [1.82, 2.24) is 5.32 Å². The van der Waals surface area contributed by atoms with Crippen LogP contribution in [0.3, 0.4) is 0 Å². The number of hydrogen-bond donors (Lipinski definition) is 3. The van der Waals surface area contributed by atoms with Crippen molar-refractivity contribution in [3.63, 3.8) is 0 Å². The Labute approximate surface area is 103 Å². The van der Waals surface area contributed by atoms with Gasteiger partial charge in [0.1, 0.15) is 0 Å². The molecule has 17 heavy (non-hydrogen) atoms. The molecule has 5 heteroatoms. The van der Waals surface area contributed by atoms with E-state index in [1.165, 1.54) is 0 Å². The van der Waals surface area contributed by atoms with Gasteiger partial charge in [-0.1, -0.05) is 6.92 Å². The fourth-order valence-corrected chi connectivity index (χ4v) is 2.02. The third kappa shape index (κ3) is 4.26. The Morgan fingerprint density at radius 1 is 1.53 bits per heavy atom. The first-order chi connectivity index (χ1) is 8.13. The predicted molar refractivity (Wildman–Crippen MR) is 65.5 cm³/mol. The first-order valence-corrected chi connectivity index (χ1v) is 6.34. The lowest BCUT2D eigenvalue weighted by Crippen LogP contribution is -2.55. The quantitative estimate of drug-likeness (QED) is 0.615. The highest BCUT2D eigenvalue weighted by molar-refractivity contribution is 5.79. The van der Waals surface area contributed by atoms with Gasteiger partial charge in [-0.05, 0) is 32.2 Å². The van der Waals surface area contributed by atoms with Crippen molar-refractivity contribution in [3.8, 4) is 0 Å². The summed E-state index contributed by atoms with van der Waals surface area (Å²) in [5, 5.41) is 12.4. The van der Waals surface area contributed by atoms with E-state index < -0.39 is 5.54 Å². The van der Waals surface area contributed by atoms with Crippen LogP contribution in [0.2, 0.25) is 0 Å². The fourth-order valence-electron chi connectivity index (χ4n) is 2.02. The maximum Gasteiger partial charge on any atom is 0.223 e. The van der Waals surface area contributed by atoms with E-state index in [2.05, 4.69) is 5.32 Å². The van der Waals surface area contributed by atoms with E-state index in [0.29, 0.717) is 32.6 Å². The van der Waals surface area contributed by atoms with Crippen LogP contribution in [-0.4, -0.2) is 42.9 Å². The first kappa shape index (κ1) is 14.4. The minimum Gasteiger partial charge on any atom is -0.394 e. The molecule has 0 aromatic rings. The third-order valence-corrected chi connectivity index (χ3v) is 3.43. The summed E-state index contributed by atoms with van der Waals surface area (Å²) in [6, 6.07) is 0. The van der Waals surface area contributed by atoms with Crippen molar-refractivity contribution in [2.45, 2.75) is 38.1 Å². The number of carbonyl (C=O) groups excluding carboxylic acids is 1. The monoisotopic (exact) mass is 244 g/mol. The number of amides is 1. The number of aliphatic hydroxyl groups excluding tert-OH is 1. The van der Waals surface area contributed by atoms with Gasteiger partial charge >= 0.3 is 0 Å². The molecule has 0 spiro atoms. The van der Waals surface area contributed by atoms with E-state index in [1.807, 2.05) is 6.92 Å². The minimum atomic E-state index is -0.480. The molecule has 0 radical (unpaired) electrons. The molecule has 1 fully saturated rings. The Morgan fingerprint density at radius 2 is 2.18 bits per heavy atom. The Hall–Kier alpha value is -0.650. The second kappa shape index (κ2) is 6.93. The normalized spacial score (nSPS) is 20.9. The molecule has 1 heterocycles. The molecule has 1 rings (SSSR count). The number of hydrogen-bond acceptors (Lipinski definition) is 4. The minimum absolute atomic E-state index is 0.00870. The lowest BCUT2D eigenvalue weighted by Gasteiger charge is -2.37. The average Bonchev–Trinajstić information content (AvgIpc) is 2.36. The molecular weight excluding hydrogens is 220 g/mol. The summed E-state index contributed by atoms with van der Waals surface area (Å²) >= 11 is 0. The van der Waals surface area contributed by atoms with Crippen molar-refractivity contribution >= 4 is 5.91 Å². The Balaban J connectivity index is 2.46. The van der Waals surface area contributed by atoms with Crippen molar-refractivity contribution in [1.29, 1.82) is 0 Å². The number of nitrogens with one attached hydrogen (secondary N) is 1. The van der Waals surface area contributed by atoms with Crippen LogP contribution in [-0.2, 0) is 9.53 Å². The lowest BCUT2D eigenvalue weighted by atomic mass is 9.90. The van der Waals surface area contributed by atoms with Crippen LogP contribution in [0.1, 0.15) is 32.6 Å². The highest BCUT2D eigenvalue weighted by Crippen LogP contribution is 2.21. The van der Waals surface area contributed by atoms with Crippen molar-refractivity contribution in [2.24, 2.45) is 11.7 Å². The van der Waals surface area contributed by atoms with Crippen molar-refractivity contribution in [2.75, 3.05) is 26.4 Å². The topological polar surface area (TPSA) is 84.6 Å². The Bertz CT molecular complexity index is 240. The van der Waals surface area contributed by atoms with Crippen LogP contribution in [0, 0.1) is 5.92 Å². The molecule has 1 aliphatic rings. The third-order valence-electron chi connectivity index (χ3n) is 3.43. The summed E-state index contributed by atoms with van der Waals surface area (Å²) in [7, 11) is 0. The number of rotatable bonds is 6. The maximum absolute atomic E-state index is 12.0. The largest absolute Gasteiger partial charge is 0.394 e. The van der Waals surface area contributed by atoms with Gasteiger partial charge in [-0.25, -0.2) is 0 Å². The molecule has 0 saturated carbocycles. The standard InChI is InChI=1S/C12H24N2O3/c1-10(3-2-6-13)11(16)14-12(9-15)4-7-17-8-5-12/h10,15H,2-9,13H2,1H3,(H,14,16). The summed E-state index contributed by atoms with van der Waals surface area (Å²) in [6.07, 6.45) is 3.00. The van der Waals surface area contributed by atoms with E-state index in [-0.39, 0.29) is 18.4 Å². The van der Waals surface area contributed by atoms with E-state index in [0.717, 1.165) is 12.8 Å². The molecule has 0 aromatic carbocycles. The molecule has 100 valence electrons. The van der Waals surface area contributed by atoms with Crippen LogP contribution >= 0.6 is 0 Å². The van der Waals surface area contributed by atoms with Gasteiger partial charge in [-0.3, -0.25) is 4.79 Å². The maximum atomic E-state index is 12.0. The number of nitrogens with two attached hydrogens (primary N) is 1. The second-order valence-electron chi connectivity index (χ2n) is 4.87. The van der Waals surface area contributed by atoms with Gasteiger partial charge in [-0.2, -0.15) is 0 Å². The van der Waals surface area contributed by atoms with E-state index in [1.54, 1.807) is 0 Å². The first-order valence-electron chi connectivity index (χ1n) is 6.34.